The zero-order valence-electron chi connectivity index (χ0n) is 23.6. The van der Waals surface area contributed by atoms with Crippen molar-refractivity contribution in [3.8, 4) is 0 Å². The Balaban J connectivity index is 2.06. The second kappa shape index (κ2) is 14.3. The first-order chi connectivity index (χ1) is 19.0. The van der Waals surface area contributed by atoms with E-state index in [9.17, 15) is 18.0 Å². The molecule has 7 nitrogen and oxygen atoms in total. The first-order valence-corrected chi connectivity index (χ1v) is 15.6. The molecule has 0 aromatic heterocycles. The molecule has 40 heavy (non-hydrogen) atoms. The molecule has 0 aliphatic heterocycles. The molecule has 1 atom stereocenters. The third-order valence-electron chi connectivity index (χ3n) is 6.72. The zero-order valence-corrected chi connectivity index (χ0v) is 25.1. The Morgan fingerprint density at radius 2 is 1.62 bits per heavy atom. The van der Waals surface area contributed by atoms with Crippen molar-refractivity contribution in [2.45, 2.75) is 52.6 Å². The fourth-order valence-corrected chi connectivity index (χ4v) is 5.60. The minimum absolute atomic E-state index is 0.144. The molecule has 0 bridgehead atoms. The van der Waals surface area contributed by atoms with E-state index < -0.39 is 28.5 Å². The first kappa shape index (κ1) is 31.2. The van der Waals surface area contributed by atoms with Gasteiger partial charge in [0.05, 0.1) is 11.9 Å². The second-order valence-electron chi connectivity index (χ2n) is 10.0. The highest BCUT2D eigenvalue weighted by Crippen LogP contribution is 2.28. The monoisotopic (exact) mass is 583 g/mol. The van der Waals surface area contributed by atoms with Crippen molar-refractivity contribution in [3.05, 3.63) is 100 Å². The SMILES string of the molecule is CCCCNC(=O)C(Cc1ccccc1)N(Cc1cccc(C)c1)C(=O)CN(c1cccc(Cl)c1C)S(C)(=O)=O. The van der Waals surface area contributed by atoms with Crippen LogP contribution in [0.25, 0.3) is 0 Å². The number of nitrogens with zero attached hydrogens (tertiary/aromatic N) is 2. The van der Waals surface area contributed by atoms with E-state index in [0.717, 1.165) is 40.1 Å². The van der Waals surface area contributed by atoms with Crippen LogP contribution in [0.3, 0.4) is 0 Å². The van der Waals surface area contributed by atoms with Crippen molar-refractivity contribution in [1.29, 1.82) is 0 Å². The minimum Gasteiger partial charge on any atom is -0.354 e. The van der Waals surface area contributed by atoms with Gasteiger partial charge in [-0.05, 0) is 49.1 Å². The van der Waals surface area contributed by atoms with E-state index >= 15 is 0 Å². The van der Waals surface area contributed by atoms with Gasteiger partial charge in [0.25, 0.3) is 0 Å². The molecule has 0 spiro atoms. The summed E-state index contributed by atoms with van der Waals surface area (Å²) in [6, 6.07) is 21.3. The van der Waals surface area contributed by atoms with Gasteiger partial charge in [-0.2, -0.15) is 0 Å². The Hall–Kier alpha value is -3.36. The molecule has 0 fully saturated rings. The van der Waals surface area contributed by atoms with Crippen molar-refractivity contribution >= 4 is 39.1 Å². The quantitative estimate of drug-likeness (QED) is 0.277. The second-order valence-corrected chi connectivity index (χ2v) is 12.3. The number of unbranched alkanes of at least 4 members (excludes halogenated alkanes) is 1. The van der Waals surface area contributed by atoms with Crippen LogP contribution < -0.4 is 9.62 Å². The van der Waals surface area contributed by atoms with Gasteiger partial charge in [0, 0.05) is 24.5 Å². The van der Waals surface area contributed by atoms with Crippen LogP contribution in [0.15, 0.2) is 72.8 Å². The number of carbonyl (C=O) groups is 2. The first-order valence-electron chi connectivity index (χ1n) is 13.4. The van der Waals surface area contributed by atoms with E-state index in [4.69, 9.17) is 11.6 Å². The smallest absolute Gasteiger partial charge is 0.244 e. The molecule has 0 saturated carbocycles. The molecular weight excluding hydrogens is 546 g/mol. The Kier molecular flexibility index (Phi) is 11.2. The third-order valence-corrected chi connectivity index (χ3v) is 8.26. The highest BCUT2D eigenvalue weighted by molar-refractivity contribution is 7.92. The fourth-order valence-electron chi connectivity index (χ4n) is 4.53. The van der Waals surface area contributed by atoms with Gasteiger partial charge in [0.1, 0.15) is 12.6 Å². The summed E-state index contributed by atoms with van der Waals surface area (Å²) in [5.74, 6) is -0.763. The van der Waals surface area contributed by atoms with Gasteiger partial charge >= 0.3 is 0 Å². The summed E-state index contributed by atoms with van der Waals surface area (Å²) < 4.78 is 27.0. The number of hydrogen-bond donors (Lipinski definition) is 1. The number of amides is 2. The topological polar surface area (TPSA) is 86.8 Å². The highest BCUT2D eigenvalue weighted by Gasteiger charge is 2.33. The van der Waals surface area contributed by atoms with Crippen LogP contribution in [0.4, 0.5) is 5.69 Å². The summed E-state index contributed by atoms with van der Waals surface area (Å²) >= 11 is 6.30. The fraction of sp³-hybridized carbons (Fsp3) is 0.355. The number of hydrogen-bond acceptors (Lipinski definition) is 4. The Bertz CT molecular complexity index is 1410. The van der Waals surface area contributed by atoms with E-state index in [1.165, 1.54) is 4.90 Å². The van der Waals surface area contributed by atoms with Crippen LogP contribution in [-0.4, -0.2) is 50.5 Å². The predicted molar refractivity (Wildman–Crippen MR) is 162 cm³/mol. The van der Waals surface area contributed by atoms with Crippen LogP contribution in [0.5, 0.6) is 0 Å². The number of sulfonamides is 1. The van der Waals surface area contributed by atoms with Crippen LogP contribution in [-0.2, 0) is 32.6 Å². The van der Waals surface area contributed by atoms with Gasteiger partial charge in [0.15, 0.2) is 0 Å². The number of aryl methyl sites for hydroxylation is 1. The van der Waals surface area contributed by atoms with Crippen molar-refractivity contribution in [2.75, 3.05) is 23.7 Å². The number of halogens is 1. The maximum atomic E-state index is 14.1. The Labute approximate surface area is 243 Å². The minimum atomic E-state index is -3.86. The van der Waals surface area contributed by atoms with E-state index in [2.05, 4.69) is 5.32 Å². The lowest BCUT2D eigenvalue weighted by Crippen LogP contribution is -2.53. The number of benzene rings is 3. The third kappa shape index (κ3) is 8.57. The number of rotatable bonds is 13. The van der Waals surface area contributed by atoms with Crippen LogP contribution in [0.1, 0.15) is 42.0 Å². The lowest BCUT2D eigenvalue weighted by Gasteiger charge is -2.34. The molecule has 3 aromatic carbocycles. The number of anilines is 1. The van der Waals surface area contributed by atoms with E-state index in [-0.39, 0.29) is 18.9 Å². The average molecular weight is 584 g/mol. The van der Waals surface area contributed by atoms with Crippen molar-refractivity contribution < 1.29 is 18.0 Å². The largest absolute Gasteiger partial charge is 0.354 e. The van der Waals surface area contributed by atoms with Gasteiger partial charge in [-0.25, -0.2) is 8.42 Å². The van der Waals surface area contributed by atoms with Gasteiger partial charge in [-0.1, -0.05) is 91.2 Å². The summed E-state index contributed by atoms with van der Waals surface area (Å²) in [5, 5.41) is 3.38. The highest BCUT2D eigenvalue weighted by atomic mass is 35.5. The lowest BCUT2D eigenvalue weighted by atomic mass is 10.0. The molecule has 2 amide bonds. The number of nitrogens with one attached hydrogen (secondary N) is 1. The van der Waals surface area contributed by atoms with Crippen LogP contribution >= 0.6 is 11.6 Å². The molecule has 3 rings (SSSR count). The van der Waals surface area contributed by atoms with Crippen molar-refractivity contribution in [3.63, 3.8) is 0 Å². The summed E-state index contributed by atoms with van der Waals surface area (Å²) in [5.41, 5.74) is 3.63. The molecule has 0 heterocycles. The molecule has 0 aliphatic rings. The molecule has 9 heteroatoms. The Morgan fingerprint density at radius 3 is 2.27 bits per heavy atom. The molecule has 3 aromatic rings. The summed E-state index contributed by atoms with van der Waals surface area (Å²) in [7, 11) is -3.86. The molecule has 0 radical (unpaired) electrons. The molecular formula is C31H38ClN3O4S. The van der Waals surface area contributed by atoms with Gasteiger partial charge < -0.3 is 10.2 Å². The molecule has 1 unspecified atom stereocenters. The van der Waals surface area contributed by atoms with Crippen LogP contribution in [0, 0.1) is 13.8 Å². The van der Waals surface area contributed by atoms with Gasteiger partial charge in [-0.15, -0.1) is 0 Å². The summed E-state index contributed by atoms with van der Waals surface area (Å²) in [6.07, 6.45) is 3.07. The van der Waals surface area contributed by atoms with E-state index in [1.807, 2.05) is 68.4 Å². The summed E-state index contributed by atoms with van der Waals surface area (Å²) in [6.45, 7) is 5.87. The normalized spacial score (nSPS) is 12.0. The molecule has 214 valence electrons. The summed E-state index contributed by atoms with van der Waals surface area (Å²) in [4.78, 5) is 29.3. The van der Waals surface area contributed by atoms with E-state index in [1.54, 1.807) is 25.1 Å². The lowest BCUT2D eigenvalue weighted by molar-refractivity contribution is -0.140. The van der Waals surface area contributed by atoms with Crippen molar-refractivity contribution in [2.24, 2.45) is 0 Å². The molecule has 0 aliphatic carbocycles. The average Bonchev–Trinajstić information content (AvgIpc) is 2.91. The van der Waals surface area contributed by atoms with Crippen molar-refractivity contribution in [1.82, 2.24) is 10.2 Å². The van der Waals surface area contributed by atoms with E-state index in [0.29, 0.717) is 22.8 Å². The maximum absolute atomic E-state index is 14.1. The van der Waals surface area contributed by atoms with Crippen LogP contribution in [0.2, 0.25) is 5.02 Å². The predicted octanol–water partition coefficient (Wildman–Crippen LogP) is 5.28. The zero-order chi connectivity index (χ0) is 29.3. The molecule has 0 saturated heterocycles. The maximum Gasteiger partial charge on any atom is 0.244 e. The molecule has 1 N–H and O–H groups in total. The Morgan fingerprint density at radius 1 is 0.950 bits per heavy atom. The standard InChI is InChI=1S/C31H38ClN3O4S/c1-5-6-18-33-31(37)29(20-25-13-8-7-9-14-25)34(21-26-15-10-12-23(2)19-26)30(36)22-35(40(4,38)39)28-17-11-16-27(32)24(28)3/h7-17,19,29H,5-6,18,20-22H2,1-4H3,(H,33,37). The van der Waals surface area contributed by atoms with Gasteiger partial charge in [-0.3, -0.25) is 13.9 Å². The number of carbonyl (C=O) groups excluding carboxylic acids is 2. The van der Waals surface area contributed by atoms with Gasteiger partial charge in [0.2, 0.25) is 21.8 Å².